The second-order valence-electron chi connectivity index (χ2n) is 5.76. The summed E-state index contributed by atoms with van der Waals surface area (Å²) in [6.45, 7) is 3.18. The van der Waals surface area contributed by atoms with Crippen molar-refractivity contribution in [1.82, 2.24) is 14.9 Å². The number of aliphatic hydroxyl groups excluding tert-OH is 1. The van der Waals surface area contributed by atoms with E-state index in [1.165, 1.54) is 0 Å². The predicted molar refractivity (Wildman–Crippen MR) is 77.1 cm³/mol. The van der Waals surface area contributed by atoms with Gasteiger partial charge in [0, 0.05) is 25.5 Å². The molecule has 0 aromatic carbocycles. The second kappa shape index (κ2) is 6.25. The largest absolute Gasteiger partial charge is 0.480 e. The number of aliphatic hydroxyl groups is 1. The van der Waals surface area contributed by atoms with Gasteiger partial charge in [-0.2, -0.15) is 0 Å². The molecule has 1 saturated heterocycles. The van der Waals surface area contributed by atoms with Gasteiger partial charge in [-0.1, -0.05) is 12.8 Å². The molecule has 1 aromatic heterocycles. The van der Waals surface area contributed by atoms with Gasteiger partial charge in [0.2, 0.25) is 5.88 Å². The molecule has 1 aromatic rings. The van der Waals surface area contributed by atoms with Gasteiger partial charge in [0.25, 0.3) is 0 Å². The summed E-state index contributed by atoms with van der Waals surface area (Å²) in [4.78, 5) is 10.9. The summed E-state index contributed by atoms with van der Waals surface area (Å²) in [5, 5.41) is 11.1. The Hall–Kier alpha value is -1.24. The highest BCUT2D eigenvalue weighted by atomic mass is 16.5. The number of morpholine rings is 1. The average Bonchev–Trinajstić information content (AvgIpc) is 3.06. The zero-order valence-electron chi connectivity index (χ0n) is 12.5. The number of aromatic nitrogens is 2. The summed E-state index contributed by atoms with van der Waals surface area (Å²) in [6.07, 6.45) is 6.76. The average molecular weight is 293 g/mol. The van der Waals surface area contributed by atoms with Crippen LogP contribution in [0.25, 0.3) is 0 Å². The van der Waals surface area contributed by atoms with Crippen molar-refractivity contribution in [3.63, 3.8) is 0 Å². The summed E-state index contributed by atoms with van der Waals surface area (Å²) in [5.41, 5.74) is 0.293. The van der Waals surface area contributed by atoms with Gasteiger partial charge in [-0.05, 0) is 12.8 Å². The molecule has 1 aliphatic heterocycles. The van der Waals surface area contributed by atoms with Gasteiger partial charge in [-0.25, -0.2) is 4.98 Å². The fraction of sp³-hybridized carbons (Fsp3) is 0.733. The van der Waals surface area contributed by atoms with Crippen molar-refractivity contribution in [2.75, 3.05) is 33.4 Å². The Kier molecular flexibility index (Phi) is 4.37. The minimum atomic E-state index is -0.679. The van der Waals surface area contributed by atoms with Gasteiger partial charge in [-0.3, -0.25) is 9.88 Å². The highest BCUT2D eigenvalue weighted by molar-refractivity contribution is 5.24. The summed E-state index contributed by atoms with van der Waals surface area (Å²) in [5.74, 6) is 0.421. The quantitative estimate of drug-likeness (QED) is 0.898. The summed E-state index contributed by atoms with van der Waals surface area (Å²) < 4.78 is 10.7. The van der Waals surface area contributed by atoms with Crippen LogP contribution in [-0.2, 0) is 4.74 Å². The third-order valence-electron chi connectivity index (χ3n) is 4.76. The van der Waals surface area contributed by atoms with Crippen molar-refractivity contribution in [3.8, 4) is 5.88 Å². The molecule has 0 radical (unpaired) electrons. The normalized spacial score (nSPS) is 23.9. The van der Waals surface area contributed by atoms with Gasteiger partial charge in [0.1, 0.15) is 11.8 Å². The minimum Gasteiger partial charge on any atom is -0.480 e. The smallest absolute Gasteiger partial charge is 0.238 e. The van der Waals surface area contributed by atoms with Gasteiger partial charge in [0.05, 0.1) is 25.9 Å². The van der Waals surface area contributed by atoms with E-state index in [1.807, 2.05) is 0 Å². The van der Waals surface area contributed by atoms with Crippen LogP contribution in [0.4, 0.5) is 0 Å². The molecule has 3 rings (SSSR count). The van der Waals surface area contributed by atoms with Crippen molar-refractivity contribution in [2.24, 2.45) is 0 Å². The fourth-order valence-corrected chi connectivity index (χ4v) is 3.69. The highest BCUT2D eigenvalue weighted by Gasteiger charge is 2.48. The first kappa shape index (κ1) is 14.7. The number of rotatable bonds is 4. The molecule has 6 nitrogen and oxygen atoms in total. The number of methoxy groups -OCH3 is 1. The lowest BCUT2D eigenvalue weighted by molar-refractivity contribution is -0.0793. The molecule has 1 aliphatic carbocycles. The van der Waals surface area contributed by atoms with Crippen LogP contribution in [0.1, 0.15) is 37.5 Å². The first-order chi connectivity index (χ1) is 10.3. The van der Waals surface area contributed by atoms with Crippen LogP contribution in [0, 0.1) is 0 Å². The number of hydrogen-bond acceptors (Lipinski definition) is 6. The van der Waals surface area contributed by atoms with E-state index >= 15 is 0 Å². The monoisotopic (exact) mass is 293 g/mol. The van der Waals surface area contributed by atoms with E-state index in [4.69, 9.17) is 9.47 Å². The van der Waals surface area contributed by atoms with E-state index in [1.54, 1.807) is 19.5 Å². The molecular weight excluding hydrogens is 270 g/mol. The van der Waals surface area contributed by atoms with Gasteiger partial charge < -0.3 is 14.6 Å². The van der Waals surface area contributed by atoms with Crippen molar-refractivity contribution in [3.05, 3.63) is 18.1 Å². The zero-order chi connectivity index (χ0) is 14.7. The Morgan fingerprint density at radius 1 is 1.24 bits per heavy atom. The van der Waals surface area contributed by atoms with Gasteiger partial charge >= 0.3 is 0 Å². The van der Waals surface area contributed by atoms with Gasteiger partial charge in [-0.15, -0.1) is 0 Å². The lowest BCUT2D eigenvalue weighted by atomic mass is 9.85. The maximum absolute atomic E-state index is 11.1. The molecule has 2 heterocycles. The topological polar surface area (TPSA) is 67.7 Å². The maximum atomic E-state index is 11.1. The first-order valence-corrected chi connectivity index (χ1v) is 7.64. The number of ether oxygens (including phenoxy) is 2. The minimum absolute atomic E-state index is 0.257. The Bertz CT molecular complexity index is 471. The van der Waals surface area contributed by atoms with Crippen molar-refractivity contribution in [2.45, 2.75) is 37.3 Å². The molecule has 0 amide bonds. The molecule has 116 valence electrons. The standard InChI is InChI=1S/C15H23N3O3/c1-20-14-12(16-6-7-17-14)13(19)15(4-2-3-5-15)18-8-10-21-11-9-18/h6-7,13,19H,2-5,8-11H2,1H3. The zero-order valence-corrected chi connectivity index (χ0v) is 12.5. The molecule has 2 aliphatic rings. The Labute approximate surface area is 125 Å². The molecule has 1 atom stereocenters. The number of hydrogen-bond donors (Lipinski definition) is 1. The van der Waals surface area contributed by atoms with E-state index in [-0.39, 0.29) is 5.54 Å². The fourth-order valence-electron chi connectivity index (χ4n) is 3.69. The molecule has 6 heteroatoms. The van der Waals surface area contributed by atoms with E-state index in [0.29, 0.717) is 11.6 Å². The Morgan fingerprint density at radius 2 is 1.90 bits per heavy atom. The first-order valence-electron chi connectivity index (χ1n) is 7.64. The van der Waals surface area contributed by atoms with Crippen LogP contribution in [-0.4, -0.2) is 58.9 Å². The summed E-state index contributed by atoms with van der Waals surface area (Å²) in [7, 11) is 1.57. The van der Waals surface area contributed by atoms with Crippen molar-refractivity contribution in [1.29, 1.82) is 0 Å². The maximum Gasteiger partial charge on any atom is 0.238 e. The van der Waals surface area contributed by atoms with E-state index < -0.39 is 6.10 Å². The summed E-state index contributed by atoms with van der Waals surface area (Å²) >= 11 is 0. The van der Waals surface area contributed by atoms with Crippen LogP contribution >= 0.6 is 0 Å². The SMILES string of the molecule is COc1nccnc1C(O)C1(N2CCOCC2)CCCC1. The van der Waals surface area contributed by atoms with E-state index in [9.17, 15) is 5.11 Å². The van der Waals surface area contributed by atoms with Crippen molar-refractivity contribution < 1.29 is 14.6 Å². The lowest BCUT2D eigenvalue weighted by Crippen LogP contribution is -2.55. The Morgan fingerprint density at radius 3 is 2.57 bits per heavy atom. The van der Waals surface area contributed by atoms with Gasteiger partial charge in [0.15, 0.2) is 0 Å². The molecule has 1 saturated carbocycles. The third-order valence-corrected chi connectivity index (χ3v) is 4.76. The molecule has 1 N–H and O–H groups in total. The van der Waals surface area contributed by atoms with E-state index in [2.05, 4.69) is 14.9 Å². The molecular formula is C15H23N3O3. The van der Waals surface area contributed by atoms with Crippen LogP contribution < -0.4 is 4.74 Å². The third kappa shape index (κ3) is 2.63. The molecule has 1 unspecified atom stereocenters. The molecule has 0 spiro atoms. The van der Waals surface area contributed by atoms with Crippen LogP contribution in [0.3, 0.4) is 0 Å². The molecule has 21 heavy (non-hydrogen) atoms. The summed E-state index contributed by atoms with van der Waals surface area (Å²) in [6, 6.07) is 0. The second-order valence-corrected chi connectivity index (χ2v) is 5.76. The Balaban J connectivity index is 1.92. The highest BCUT2D eigenvalue weighted by Crippen LogP contribution is 2.45. The van der Waals surface area contributed by atoms with Crippen LogP contribution in [0.5, 0.6) is 5.88 Å². The predicted octanol–water partition coefficient (Wildman–Crippen LogP) is 1.16. The lowest BCUT2D eigenvalue weighted by Gasteiger charge is -2.46. The van der Waals surface area contributed by atoms with Crippen LogP contribution in [0.15, 0.2) is 12.4 Å². The molecule has 0 bridgehead atoms. The number of nitrogens with zero attached hydrogens (tertiary/aromatic N) is 3. The van der Waals surface area contributed by atoms with Crippen LogP contribution in [0.2, 0.25) is 0 Å². The van der Waals surface area contributed by atoms with E-state index in [0.717, 1.165) is 52.0 Å². The molecule has 2 fully saturated rings. The van der Waals surface area contributed by atoms with Crippen molar-refractivity contribution >= 4 is 0 Å².